The van der Waals surface area contributed by atoms with Crippen LogP contribution >= 0.6 is 0 Å². The lowest BCUT2D eigenvalue weighted by atomic mass is 9.95. The van der Waals surface area contributed by atoms with E-state index in [2.05, 4.69) is 48.7 Å². The monoisotopic (exact) mass is 1240 g/mol. The Morgan fingerprint density at radius 1 is 0.693 bits per heavy atom. The molecule has 0 spiro atoms. The Bertz CT molecular complexity index is 2460. The number of guanidine groups is 1. The summed E-state index contributed by atoms with van der Waals surface area (Å²) in [5.41, 5.74) is 23.9. The summed E-state index contributed by atoms with van der Waals surface area (Å²) in [5.74, 6) is -9.24. The van der Waals surface area contributed by atoms with Crippen LogP contribution in [0.5, 0.6) is 0 Å². The fraction of sp³-hybridized carbons (Fsp3) is 0.726. The van der Waals surface area contributed by atoms with Crippen molar-refractivity contribution in [3.8, 4) is 0 Å². The third-order valence-electron chi connectivity index (χ3n) is 16.2. The lowest BCUT2D eigenvalue weighted by Gasteiger charge is -2.35. The number of carbonyl (C=O) groups is 10. The highest BCUT2D eigenvalue weighted by molar-refractivity contribution is 5.99. The first-order chi connectivity index (χ1) is 41.6. The van der Waals surface area contributed by atoms with Crippen molar-refractivity contribution in [2.75, 3.05) is 60.4 Å². The second kappa shape index (κ2) is 38.5. The number of carboxylic acid groups (broad SMARTS) is 1. The van der Waals surface area contributed by atoms with Gasteiger partial charge in [-0.1, -0.05) is 117 Å². The van der Waals surface area contributed by atoms with E-state index < -0.39 is 114 Å². The number of piperidine rings is 1. The van der Waals surface area contributed by atoms with Gasteiger partial charge >= 0.3 is 5.97 Å². The summed E-state index contributed by atoms with van der Waals surface area (Å²) in [6, 6.07) is -1.74. The predicted molar refractivity (Wildman–Crippen MR) is 337 cm³/mol. The van der Waals surface area contributed by atoms with E-state index in [1.807, 2.05) is 44.2 Å². The van der Waals surface area contributed by atoms with Crippen molar-refractivity contribution in [3.05, 3.63) is 35.9 Å². The Balaban J connectivity index is 1.89. The number of carbonyl (C=O) groups excluding carboxylic acids is 9. The van der Waals surface area contributed by atoms with E-state index >= 15 is 0 Å². The molecule has 0 bridgehead atoms. The van der Waals surface area contributed by atoms with Gasteiger partial charge < -0.3 is 79.5 Å². The maximum atomic E-state index is 15.0. The lowest BCUT2D eigenvalue weighted by molar-refractivity contribution is -0.149. The summed E-state index contributed by atoms with van der Waals surface area (Å²) >= 11 is 0. The number of amides is 9. The third kappa shape index (κ3) is 26.0. The summed E-state index contributed by atoms with van der Waals surface area (Å²) in [4.78, 5) is 150. The normalized spacial score (nSPS) is 18.8. The van der Waals surface area contributed by atoms with Crippen molar-refractivity contribution >= 4 is 65.1 Å². The first-order valence-corrected chi connectivity index (χ1v) is 31.7. The molecule has 11 atom stereocenters. The second-order valence-electron chi connectivity index (χ2n) is 25.2. The van der Waals surface area contributed by atoms with Gasteiger partial charge in [-0.05, 0) is 102 Å². The molecule has 2 saturated heterocycles. The molecule has 0 saturated carbocycles. The van der Waals surface area contributed by atoms with E-state index in [-0.39, 0.29) is 93.7 Å². The summed E-state index contributed by atoms with van der Waals surface area (Å²) in [6.45, 7) is 15.4. The molecule has 9 amide bonds. The quantitative estimate of drug-likeness (QED) is 0.0245. The minimum atomic E-state index is -1.78. The first kappa shape index (κ1) is 75.3. The molecule has 0 aliphatic carbocycles. The van der Waals surface area contributed by atoms with Crippen molar-refractivity contribution < 1.29 is 53.1 Å². The smallest absolute Gasteiger partial charge is 0.305 e. The van der Waals surface area contributed by atoms with E-state index in [1.165, 1.54) is 37.6 Å². The topological polar surface area (TPSA) is 393 Å². The second-order valence-corrected chi connectivity index (χ2v) is 25.2. The largest absolute Gasteiger partial charge is 0.481 e. The average molecular weight is 1240 g/mol. The predicted octanol–water partition coefficient (Wildman–Crippen LogP) is 0.679. The van der Waals surface area contributed by atoms with Gasteiger partial charge in [-0.25, -0.2) is 0 Å². The van der Waals surface area contributed by atoms with Crippen LogP contribution < -0.4 is 54.8 Å². The number of nitrogens with zero attached hydrogens (tertiary/aromatic N) is 5. The maximum absolute atomic E-state index is 15.0. The minimum absolute atomic E-state index is 0.0154. The van der Waals surface area contributed by atoms with Crippen LogP contribution in [0.15, 0.2) is 35.3 Å². The SMILES string of the molecule is CCCCCCCCN1CCC[C@H](C(=O)N[C@@H](Cc2ccccc2)C(=O)N[C@H](CN(C)C)C(=O)N[C@@H](CC(C)C)C(=O)N2C[C@H](N)C[C@H]2C(=O)N(C)[C@@H](CC(C)C)C(=O)N[C@@H](CC(=O)O)C(=O)N[C@@H](CCCN=C(N)N)C(=O)N[C@H](C(N)=O)[C@@H](C)CC)C1. The molecule has 1 aromatic carbocycles. The molecule has 0 unspecified atom stereocenters. The molecule has 0 radical (unpaired) electrons. The summed E-state index contributed by atoms with van der Waals surface area (Å²) in [7, 11) is 4.82. The molecule has 26 nitrogen and oxygen atoms in total. The highest BCUT2D eigenvalue weighted by Crippen LogP contribution is 2.25. The molecule has 496 valence electrons. The van der Waals surface area contributed by atoms with Crippen LogP contribution in [0, 0.1) is 23.7 Å². The zero-order valence-corrected chi connectivity index (χ0v) is 54.0. The van der Waals surface area contributed by atoms with Gasteiger partial charge in [-0.15, -0.1) is 0 Å². The number of likely N-dealkylation sites (N-methyl/N-ethyl adjacent to an activating group) is 2. The summed E-state index contributed by atoms with van der Waals surface area (Å²) in [5, 5.41) is 26.4. The van der Waals surface area contributed by atoms with Crippen molar-refractivity contribution in [2.45, 2.75) is 206 Å². The molecule has 2 fully saturated rings. The summed E-state index contributed by atoms with van der Waals surface area (Å²) in [6.07, 6.45) is 8.42. The number of aliphatic carboxylic acids is 1. The molecule has 2 aliphatic rings. The zero-order valence-electron chi connectivity index (χ0n) is 54.0. The number of unbranched alkanes of at least 4 members (excludes halogenated alkanes) is 5. The number of hydrogen-bond acceptors (Lipinski definition) is 14. The van der Waals surface area contributed by atoms with Crippen molar-refractivity contribution in [1.82, 2.24) is 51.5 Å². The van der Waals surface area contributed by atoms with E-state index in [1.54, 1.807) is 46.7 Å². The Hall–Kier alpha value is -6.93. The van der Waals surface area contributed by atoms with Gasteiger partial charge in [0.2, 0.25) is 53.2 Å². The van der Waals surface area contributed by atoms with E-state index in [0.29, 0.717) is 19.4 Å². The van der Waals surface area contributed by atoms with E-state index in [0.717, 1.165) is 42.8 Å². The van der Waals surface area contributed by atoms with Gasteiger partial charge in [0.15, 0.2) is 5.96 Å². The zero-order chi connectivity index (χ0) is 65.8. The molecular weight excluding hydrogens is 1130 g/mol. The lowest BCUT2D eigenvalue weighted by Crippen LogP contribution is -2.61. The van der Waals surface area contributed by atoms with E-state index in [4.69, 9.17) is 22.9 Å². The number of primary amides is 1. The van der Waals surface area contributed by atoms with Crippen LogP contribution in [-0.4, -0.2) is 205 Å². The minimum Gasteiger partial charge on any atom is -0.481 e. The van der Waals surface area contributed by atoms with Crippen LogP contribution in [0.25, 0.3) is 0 Å². The van der Waals surface area contributed by atoms with Crippen LogP contribution in [0.3, 0.4) is 0 Å². The van der Waals surface area contributed by atoms with Crippen LogP contribution in [0.1, 0.15) is 150 Å². The number of nitrogens with one attached hydrogen (secondary N) is 6. The van der Waals surface area contributed by atoms with Crippen LogP contribution in [-0.2, 0) is 54.4 Å². The Labute approximate surface area is 521 Å². The molecule has 3 rings (SSSR count). The third-order valence-corrected chi connectivity index (χ3v) is 16.2. The van der Waals surface area contributed by atoms with Crippen LogP contribution in [0.4, 0.5) is 0 Å². The number of likely N-dealkylation sites (tertiary alicyclic amines) is 2. The molecule has 88 heavy (non-hydrogen) atoms. The van der Waals surface area contributed by atoms with Gasteiger partial charge in [-0.3, -0.25) is 52.9 Å². The highest BCUT2D eigenvalue weighted by Gasteiger charge is 2.45. The Morgan fingerprint density at radius 3 is 1.89 bits per heavy atom. The van der Waals surface area contributed by atoms with Gasteiger partial charge in [0.1, 0.15) is 48.3 Å². The molecular formula is C62H107N15O11. The first-order valence-electron chi connectivity index (χ1n) is 31.7. The Kier molecular flexibility index (Phi) is 32.9. The summed E-state index contributed by atoms with van der Waals surface area (Å²) < 4.78 is 0. The van der Waals surface area contributed by atoms with Gasteiger partial charge in [-0.2, -0.15) is 0 Å². The molecule has 1 aromatic rings. The maximum Gasteiger partial charge on any atom is 0.305 e. The number of benzene rings is 1. The number of nitrogens with two attached hydrogens (primary N) is 4. The number of hydrogen-bond donors (Lipinski definition) is 11. The highest BCUT2D eigenvalue weighted by atomic mass is 16.4. The van der Waals surface area contributed by atoms with Crippen molar-refractivity contribution in [2.24, 2.45) is 51.6 Å². The molecule has 0 aromatic heterocycles. The Morgan fingerprint density at radius 2 is 1.28 bits per heavy atom. The molecule has 26 heteroatoms. The van der Waals surface area contributed by atoms with Gasteiger partial charge in [0.05, 0.1) is 12.3 Å². The molecule has 2 aliphatic heterocycles. The number of carboxylic acids is 1. The molecule has 2 heterocycles. The number of rotatable bonds is 39. The van der Waals surface area contributed by atoms with Gasteiger partial charge in [0.25, 0.3) is 0 Å². The average Bonchev–Trinajstić information content (AvgIpc) is 3.19. The van der Waals surface area contributed by atoms with Gasteiger partial charge in [0, 0.05) is 45.7 Å². The van der Waals surface area contributed by atoms with Crippen molar-refractivity contribution in [1.29, 1.82) is 0 Å². The molecule has 15 N–H and O–H groups in total. The van der Waals surface area contributed by atoms with E-state index in [9.17, 15) is 53.1 Å². The van der Waals surface area contributed by atoms with Crippen LogP contribution in [0.2, 0.25) is 0 Å². The fourth-order valence-electron chi connectivity index (χ4n) is 11.2. The fourth-order valence-corrected chi connectivity index (χ4v) is 11.2. The number of aliphatic imine (C=N–C) groups is 1. The standard InChI is InChI=1S/C62H107N15O11/c1-11-13-14-15-16-20-28-76-29-22-25-42(35-76)54(81)69-45(32-41-23-18-17-19-24-41)56(83)72-48(37-74(8)9)58(85)71-47(30-38(3)4)60(87)77-36-43(63)33-50(77)61(88)75(10)49(31-39(5)6)59(86)70-46(34-51(78)79)57(84)68-44(26-21-27-67-62(65)66)55(82)73-52(53(64)80)40(7)12-2/h17-19,23-24,38-40,42-50,52H,11-16,20-22,25-37,63H2,1-10H3,(H2,64,80)(H,68,84)(H,69,81)(H,70,86)(H,71,85)(H,72,83)(H,73,82)(H,78,79)(H4,65,66,67)/t40-,42-,43+,44-,45-,46-,47-,48+,49-,50-,52-/m0/s1. The van der Waals surface area contributed by atoms with Crippen molar-refractivity contribution in [3.63, 3.8) is 0 Å².